The minimum atomic E-state index is -1.16. The molecule has 1 fully saturated rings. The zero-order valence-electron chi connectivity index (χ0n) is 16.2. The van der Waals surface area contributed by atoms with Crippen molar-refractivity contribution >= 4 is 10.8 Å². The fourth-order valence-electron chi connectivity index (χ4n) is 4.11. The maximum atomic E-state index is 12.9. The van der Waals surface area contributed by atoms with E-state index < -0.39 is 16.6 Å². The number of ether oxygens (including phenoxy) is 3. The van der Waals surface area contributed by atoms with Gasteiger partial charge in [0.25, 0.3) is 0 Å². The molecule has 0 amide bonds. The Morgan fingerprint density at radius 2 is 1.69 bits per heavy atom. The van der Waals surface area contributed by atoms with Crippen LogP contribution in [0, 0.1) is 0 Å². The second-order valence-electron chi connectivity index (χ2n) is 7.23. The van der Waals surface area contributed by atoms with Crippen LogP contribution in [0.25, 0.3) is 11.1 Å². The molecule has 1 saturated heterocycles. The van der Waals surface area contributed by atoms with Gasteiger partial charge in [-0.25, -0.2) is 4.21 Å². The van der Waals surface area contributed by atoms with Gasteiger partial charge in [0.05, 0.1) is 27.2 Å². The molecule has 29 heavy (non-hydrogen) atoms. The van der Waals surface area contributed by atoms with Crippen LogP contribution in [0.4, 0.5) is 0 Å². The lowest BCUT2D eigenvalue weighted by atomic mass is 9.93. The van der Waals surface area contributed by atoms with Crippen LogP contribution in [0.3, 0.4) is 0 Å². The maximum absolute atomic E-state index is 12.9. The van der Waals surface area contributed by atoms with Gasteiger partial charge in [0.15, 0.2) is 6.29 Å². The minimum Gasteiger partial charge on any atom is -0.356 e. The van der Waals surface area contributed by atoms with Crippen molar-refractivity contribution in [2.24, 2.45) is 0 Å². The maximum Gasteiger partial charge on any atom is 0.224 e. The zero-order chi connectivity index (χ0) is 19.8. The molecule has 3 aromatic carbocycles. The summed E-state index contributed by atoms with van der Waals surface area (Å²) in [5.41, 5.74) is 3.76. The zero-order valence-corrected chi connectivity index (χ0v) is 17.0. The molecule has 2 aliphatic heterocycles. The van der Waals surface area contributed by atoms with Gasteiger partial charge in [-0.2, -0.15) is 0 Å². The van der Waals surface area contributed by atoms with Crippen molar-refractivity contribution in [3.05, 3.63) is 83.9 Å². The van der Waals surface area contributed by atoms with Crippen LogP contribution in [0.5, 0.6) is 0 Å². The Balaban J connectivity index is 1.70. The van der Waals surface area contributed by atoms with Crippen LogP contribution >= 0.6 is 0 Å². The molecule has 5 heteroatoms. The van der Waals surface area contributed by atoms with E-state index >= 15 is 0 Å². The molecule has 4 nitrogen and oxygen atoms in total. The Kier molecular flexibility index (Phi) is 4.84. The minimum absolute atomic E-state index is 0.368. The van der Waals surface area contributed by atoms with Gasteiger partial charge in [-0.3, -0.25) is 0 Å². The van der Waals surface area contributed by atoms with E-state index in [4.69, 9.17) is 14.2 Å². The Morgan fingerprint density at radius 1 is 0.931 bits per heavy atom. The molecule has 5 rings (SSSR count). The van der Waals surface area contributed by atoms with E-state index in [1.807, 2.05) is 66.7 Å². The summed E-state index contributed by atoms with van der Waals surface area (Å²) in [6, 6.07) is 23.8. The molecule has 0 saturated carbocycles. The smallest absolute Gasteiger partial charge is 0.224 e. The summed E-state index contributed by atoms with van der Waals surface area (Å²) in [5.74, 6) is -1.08. The van der Waals surface area contributed by atoms with Crippen molar-refractivity contribution in [3.8, 4) is 11.1 Å². The molecule has 0 radical (unpaired) electrons. The van der Waals surface area contributed by atoms with Crippen LogP contribution < -0.4 is 0 Å². The monoisotopic (exact) mass is 406 g/mol. The van der Waals surface area contributed by atoms with Gasteiger partial charge < -0.3 is 14.2 Å². The van der Waals surface area contributed by atoms with E-state index in [9.17, 15) is 4.21 Å². The average Bonchev–Trinajstić information content (AvgIpc) is 2.93. The molecule has 0 spiro atoms. The molecule has 0 bridgehead atoms. The van der Waals surface area contributed by atoms with Gasteiger partial charge in [0, 0.05) is 24.7 Å². The number of hydrogen-bond donors (Lipinski definition) is 0. The predicted octanol–water partition coefficient (Wildman–Crippen LogP) is 4.83. The van der Waals surface area contributed by atoms with Gasteiger partial charge >= 0.3 is 0 Å². The van der Waals surface area contributed by atoms with Crippen molar-refractivity contribution in [1.29, 1.82) is 0 Å². The Morgan fingerprint density at radius 3 is 2.52 bits per heavy atom. The van der Waals surface area contributed by atoms with Crippen molar-refractivity contribution in [2.45, 2.75) is 34.7 Å². The third-order valence-corrected chi connectivity index (χ3v) is 7.05. The Bertz CT molecular complexity index is 1070. The fourth-order valence-corrected chi connectivity index (χ4v) is 5.49. The number of methoxy groups -OCH3 is 1. The van der Waals surface area contributed by atoms with Crippen LogP contribution in [0.2, 0.25) is 0 Å². The van der Waals surface area contributed by atoms with Crippen LogP contribution in [0.1, 0.15) is 24.0 Å². The largest absolute Gasteiger partial charge is 0.356 e. The molecule has 3 atom stereocenters. The van der Waals surface area contributed by atoms with Crippen molar-refractivity contribution < 1.29 is 18.4 Å². The van der Waals surface area contributed by atoms with E-state index in [-0.39, 0.29) is 6.29 Å². The standard InChI is InChI=1S/C24H22O4S/c1-26-23-12-7-15-27-24(28-23,17-8-3-2-4-9-17)18-13-14-22-20(16-18)19-10-5-6-11-21(19)29(22)25/h2-6,8-11,13-14,16,23H,7,12,15H2,1H3. The summed E-state index contributed by atoms with van der Waals surface area (Å²) in [6.45, 7) is 0.564. The molecule has 0 N–H and O–H groups in total. The third-order valence-electron chi connectivity index (χ3n) is 5.54. The molecule has 2 aliphatic rings. The fraction of sp³-hybridized carbons (Fsp3) is 0.250. The first-order chi connectivity index (χ1) is 14.2. The summed E-state index contributed by atoms with van der Waals surface area (Å²) in [6.07, 6.45) is 1.25. The van der Waals surface area contributed by atoms with Gasteiger partial charge in [-0.05, 0) is 35.7 Å². The molecular weight excluding hydrogens is 384 g/mol. The lowest BCUT2D eigenvalue weighted by molar-refractivity contribution is -0.278. The predicted molar refractivity (Wildman–Crippen MR) is 111 cm³/mol. The molecule has 3 aromatic rings. The molecule has 0 aliphatic carbocycles. The first-order valence-electron chi connectivity index (χ1n) is 9.79. The van der Waals surface area contributed by atoms with E-state index in [1.54, 1.807) is 7.11 Å². The highest BCUT2D eigenvalue weighted by atomic mass is 32.2. The topological polar surface area (TPSA) is 44.8 Å². The highest BCUT2D eigenvalue weighted by Crippen LogP contribution is 2.45. The molecule has 3 unspecified atom stereocenters. The van der Waals surface area contributed by atoms with E-state index in [1.165, 1.54) is 0 Å². The van der Waals surface area contributed by atoms with Crippen LogP contribution in [-0.2, 0) is 30.8 Å². The van der Waals surface area contributed by atoms with E-state index in [2.05, 4.69) is 6.07 Å². The van der Waals surface area contributed by atoms with Gasteiger partial charge in [0.1, 0.15) is 0 Å². The highest BCUT2D eigenvalue weighted by Gasteiger charge is 2.42. The number of benzene rings is 3. The van der Waals surface area contributed by atoms with E-state index in [0.717, 1.165) is 44.9 Å². The van der Waals surface area contributed by atoms with Crippen molar-refractivity contribution in [1.82, 2.24) is 0 Å². The van der Waals surface area contributed by atoms with Gasteiger partial charge in [-0.15, -0.1) is 0 Å². The highest BCUT2D eigenvalue weighted by molar-refractivity contribution is 7.85. The molecule has 148 valence electrons. The first kappa shape index (κ1) is 18.7. The summed E-state index contributed by atoms with van der Waals surface area (Å²) in [5, 5.41) is 0. The molecule has 2 heterocycles. The third kappa shape index (κ3) is 3.06. The summed E-state index contributed by atoms with van der Waals surface area (Å²) in [7, 11) is 0.498. The van der Waals surface area contributed by atoms with E-state index in [0.29, 0.717) is 6.61 Å². The lowest BCUT2D eigenvalue weighted by Gasteiger charge is -2.35. The molecular formula is C24H22O4S. The SMILES string of the molecule is COC1CCCOC(c2ccccc2)(c2ccc3c(c2)-c2ccccc2S3=O)O1. The first-order valence-corrected chi connectivity index (χ1v) is 10.9. The number of hydrogen-bond acceptors (Lipinski definition) is 4. The normalized spacial score (nSPS) is 25.8. The quantitative estimate of drug-likeness (QED) is 0.489. The van der Waals surface area contributed by atoms with Gasteiger partial charge in [-0.1, -0.05) is 54.6 Å². The summed E-state index contributed by atoms with van der Waals surface area (Å²) in [4.78, 5) is 1.68. The second-order valence-corrected chi connectivity index (χ2v) is 8.65. The van der Waals surface area contributed by atoms with Gasteiger partial charge in [0.2, 0.25) is 5.79 Å². The second kappa shape index (κ2) is 7.50. The lowest BCUT2D eigenvalue weighted by Crippen LogP contribution is -2.37. The van der Waals surface area contributed by atoms with Crippen molar-refractivity contribution in [3.63, 3.8) is 0 Å². The van der Waals surface area contributed by atoms with Crippen LogP contribution in [-0.4, -0.2) is 24.2 Å². The number of fused-ring (bicyclic) bond motifs is 3. The summed E-state index contributed by atoms with van der Waals surface area (Å²) >= 11 is 0. The Labute approximate surface area is 172 Å². The summed E-state index contributed by atoms with van der Waals surface area (Å²) < 4.78 is 31.4. The Hall–Kier alpha value is -2.31. The number of rotatable bonds is 3. The average molecular weight is 407 g/mol. The van der Waals surface area contributed by atoms with Crippen LogP contribution in [0.15, 0.2) is 82.6 Å². The molecule has 0 aromatic heterocycles. The van der Waals surface area contributed by atoms with Crippen molar-refractivity contribution in [2.75, 3.05) is 13.7 Å².